The summed E-state index contributed by atoms with van der Waals surface area (Å²) in [5.74, 6) is 0.132. The van der Waals surface area contributed by atoms with Gasteiger partial charge in [-0.1, -0.05) is 37.0 Å². The zero-order valence-corrected chi connectivity index (χ0v) is 12.5. The average Bonchev–Trinajstić information content (AvgIpc) is 2.28. The Balaban J connectivity index is 2.83. The van der Waals surface area contributed by atoms with E-state index in [2.05, 4.69) is 5.32 Å². The van der Waals surface area contributed by atoms with Gasteiger partial charge >= 0.3 is 0 Å². The Hall–Kier alpha value is -0.970. The molecule has 0 radical (unpaired) electrons. The minimum atomic E-state index is -0.410. The van der Waals surface area contributed by atoms with Crippen molar-refractivity contribution < 1.29 is 9.53 Å². The van der Waals surface area contributed by atoms with Gasteiger partial charge in [0.1, 0.15) is 5.75 Å². The second-order valence-electron chi connectivity index (χ2n) is 4.48. The van der Waals surface area contributed by atoms with Gasteiger partial charge < -0.3 is 15.8 Å². The van der Waals surface area contributed by atoms with Gasteiger partial charge in [0.2, 0.25) is 5.91 Å². The average molecular weight is 305 g/mol. The molecule has 4 nitrogen and oxygen atoms in total. The Morgan fingerprint density at radius 2 is 2.11 bits per heavy atom. The van der Waals surface area contributed by atoms with Crippen LogP contribution in [0.15, 0.2) is 12.1 Å². The number of hydrogen-bond donors (Lipinski definition) is 2. The third-order valence-corrected chi connectivity index (χ3v) is 2.88. The predicted molar refractivity (Wildman–Crippen MR) is 77.7 cm³/mol. The minimum Gasteiger partial charge on any atom is -0.491 e. The Morgan fingerprint density at radius 1 is 1.42 bits per heavy atom. The molecule has 1 rings (SSSR count). The van der Waals surface area contributed by atoms with Crippen LogP contribution < -0.4 is 15.8 Å². The molecule has 0 saturated carbocycles. The van der Waals surface area contributed by atoms with Crippen LogP contribution in [0.3, 0.4) is 0 Å². The van der Waals surface area contributed by atoms with Crippen molar-refractivity contribution >= 4 is 29.1 Å². The number of rotatable bonds is 7. The van der Waals surface area contributed by atoms with Crippen LogP contribution in [-0.2, 0) is 11.3 Å². The number of carbonyl (C=O) groups is 1. The van der Waals surface area contributed by atoms with Gasteiger partial charge in [0, 0.05) is 23.2 Å². The van der Waals surface area contributed by atoms with Crippen LogP contribution in [0.5, 0.6) is 5.75 Å². The molecule has 1 aromatic rings. The summed E-state index contributed by atoms with van der Waals surface area (Å²) in [5.41, 5.74) is 5.93. The van der Waals surface area contributed by atoms with Crippen LogP contribution >= 0.6 is 23.2 Å². The van der Waals surface area contributed by atoms with Crippen molar-refractivity contribution in [3.05, 3.63) is 27.7 Å². The fourth-order valence-electron chi connectivity index (χ4n) is 1.47. The number of amides is 1. The van der Waals surface area contributed by atoms with E-state index in [0.717, 1.165) is 5.56 Å². The highest BCUT2D eigenvalue weighted by Crippen LogP contribution is 2.32. The summed E-state index contributed by atoms with van der Waals surface area (Å²) in [5, 5.41) is 4.24. The van der Waals surface area contributed by atoms with E-state index in [1.165, 1.54) is 0 Å². The lowest BCUT2D eigenvalue weighted by Crippen LogP contribution is -2.22. The van der Waals surface area contributed by atoms with Crippen molar-refractivity contribution in [2.75, 3.05) is 6.61 Å². The lowest BCUT2D eigenvalue weighted by atomic mass is 10.2. The number of carbonyl (C=O) groups excluding carboxylic acids is 1. The van der Waals surface area contributed by atoms with Crippen LogP contribution in [0, 0.1) is 0 Å². The Morgan fingerprint density at radius 3 is 2.68 bits per heavy atom. The number of nitrogens with one attached hydrogen (secondary N) is 1. The lowest BCUT2D eigenvalue weighted by Gasteiger charge is -2.15. The van der Waals surface area contributed by atoms with Gasteiger partial charge in [0.25, 0.3) is 0 Å². The first-order valence-corrected chi connectivity index (χ1v) is 6.78. The van der Waals surface area contributed by atoms with Crippen molar-refractivity contribution in [2.24, 2.45) is 5.73 Å². The molecule has 19 heavy (non-hydrogen) atoms. The van der Waals surface area contributed by atoms with E-state index < -0.39 is 5.91 Å². The van der Waals surface area contributed by atoms with E-state index in [-0.39, 0.29) is 13.0 Å². The van der Waals surface area contributed by atoms with Crippen LogP contribution in [0.1, 0.15) is 25.8 Å². The number of primary amides is 1. The second kappa shape index (κ2) is 7.58. The van der Waals surface area contributed by atoms with Crippen molar-refractivity contribution in [1.82, 2.24) is 5.32 Å². The Kier molecular flexibility index (Phi) is 6.42. The molecule has 0 aliphatic carbocycles. The Labute approximate surface area is 123 Å². The van der Waals surface area contributed by atoms with E-state index >= 15 is 0 Å². The lowest BCUT2D eigenvalue weighted by molar-refractivity contribution is -0.118. The largest absolute Gasteiger partial charge is 0.491 e. The molecular formula is C13H18Cl2N2O2. The van der Waals surface area contributed by atoms with Gasteiger partial charge in [0.15, 0.2) is 0 Å². The molecule has 0 saturated heterocycles. The van der Waals surface area contributed by atoms with Gasteiger partial charge in [-0.15, -0.1) is 0 Å². The minimum absolute atomic E-state index is 0.149. The van der Waals surface area contributed by atoms with Crippen LogP contribution in [-0.4, -0.2) is 18.6 Å². The zero-order chi connectivity index (χ0) is 14.4. The number of nitrogens with two attached hydrogens (primary N) is 1. The highest BCUT2D eigenvalue weighted by Gasteiger charge is 2.11. The molecular weight excluding hydrogens is 287 g/mol. The summed E-state index contributed by atoms with van der Waals surface area (Å²) in [7, 11) is 0. The molecule has 0 aliphatic rings. The topological polar surface area (TPSA) is 64.3 Å². The maximum atomic E-state index is 10.7. The zero-order valence-electron chi connectivity index (χ0n) is 11.0. The molecule has 6 heteroatoms. The summed E-state index contributed by atoms with van der Waals surface area (Å²) in [6.45, 7) is 4.87. The summed E-state index contributed by atoms with van der Waals surface area (Å²) in [6, 6.07) is 3.74. The van der Waals surface area contributed by atoms with Crippen molar-refractivity contribution in [1.29, 1.82) is 0 Å². The van der Waals surface area contributed by atoms with Gasteiger partial charge in [-0.2, -0.15) is 0 Å². The molecule has 0 fully saturated rings. The number of benzene rings is 1. The molecule has 1 aromatic carbocycles. The van der Waals surface area contributed by atoms with E-state index in [1.54, 1.807) is 12.1 Å². The molecule has 106 valence electrons. The van der Waals surface area contributed by atoms with Crippen LogP contribution in [0.25, 0.3) is 0 Å². The number of hydrogen-bond acceptors (Lipinski definition) is 3. The molecule has 0 aliphatic heterocycles. The molecule has 3 N–H and O–H groups in total. The quantitative estimate of drug-likeness (QED) is 0.814. The predicted octanol–water partition coefficient (Wildman–Crippen LogP) is 2.75. The molecule has 1 amide bonds. The fourth-order valence-corrected chi connectivity index (χ4v) is 2.06. The second-order valence-corrected chi connectivity index (χ2v) is 5.32. The van der Waals surface area contributed by atoms with Gasteiger partial charge in [-0.25, -0.2) is 0 Å². The van der Waals surface area contributed by atoms with Crippen molar-refractivity contribution in [3.8, 4) is 5.75 Å². The van der Waals surface area contributed by atoms with Crippen LogP contribution in [0.2, 0.25) is 10.0 Å². The first kappa shape index (κ1) is 16.1. The van der Waals surface area contributed by atoms with Crippen LogP contribution in [0.4, 0.5) is 0 Å². The Bertz CT molecular complexity index is 451. The first-order chi connectivity index (χ1) is 8.90. The van der Waals surface area contributed by atoms with E-state index in [1.807, 2.05) is 13.8 Å². The van der Waals surface area contributed by atoms with Gasteiger partial charge in [-0.3, -0.25) is 4.79 Å². The molecule has 0 heterocycles. The first-order valence-electron chi connectivity index (χ1n) is 6.02. The van der Waals surface area contributed by atoms with E-state index in [0.29, 0.717) is 28.4 Å². The monoisotopic (exact) mass is 304 g/mol. The highest BCUT2D eigenvalue weighted by atomic mass is 35.5. The summed E-state index contributed by atoms with van der Waals surface area (Å²) in [4.78, 5) is 10.7. The molecule has 0 unspecified atom stereocenters. The van der Waals surface area contributed by atoms with E-state index in [4.69, 9.17) is 33.7 Å². The fraction of sp³-hybridized carbons (Fsp3) is 0.462. The van der Waals surface area contributed by atoms with Crippen molar-refractivity contribution in [3.63, 3.8) is 0 Å². The molecule has 0 aromatic heterocycles. The normalized spacial score (nSPS) is 10.8. The van der Waals surface area contributed by atoms with E-state index in [9.17, 15) is 4.79 Å². The maximum absolute atomic E-state index is 10.7. The molecule has 0 atom stereocenters. The summed E-state index contributed by atoms with van der Waals surface area (Å²) < 4.78 is 5.53. The third kappa shape index (κ3) is 5.68. The highest BCUT2D eigenvalue weighted by molar-refractivity contribution is 6.35. The number of ether oxygens (including phenoxy) is 1. The number of halogens is 2. The molecule has 0 spiro atoms. The standard InChI is InChI=1S/C13H18Cl2N2O2/c1-8(2)17-7-9-5-10(14)6-11(15)13(9)19-4-3-12(16)18/h5-6,8,17H,3-4,7H2,1-2H3,(H2,16,18). The van der Waals surface area contributed by atoms with Gasteiger partial charge in [-0.05, 0) is 12.1 Å². The maximum Gasteiger partial charge on any atom is 0.220 e. The third-order valence-electron chi connectivity index (χ3n) is 2.38. The van der Waals surface area contributed by atoms with Gasteiger partial charge in [0.05, 0.1) is 18.1 Å². The molecule has 0 bridgehead atoms. The van der Waals surface area contributed by atoms with Crippen molar-refractivity contribution in [2.45, 2.75) is 32.9 Å². The summed E-state index contributed by atoms with van der Waals surface area (Å²) in [6.07, 6.45) is 0.149. The SMILES string of the molecule is CC(C)NCc1cc(Cl)cc(Cl)c1OCCC(N)=O. The smallest absolute Gasteiger partial charge is 0.220 e. The summed E-state index contributed by atoms with van der Waals surface area (Å²) >= 11 is 12.1.